The number of benzene rings is 2. The van der Waals surface area contributed by atoms with E-state index in [-0.39, 0.29) is 17.9 Å². The van der Waals surface area contributed by atoms with Gasteiger partial charge in [-0.3, -0.25) is 14.9 Å². The summed E-state index contributed by atoms with van der Waals surface area (Å²) in [6, 6.07) is 8.75. The number of halogens is 1. The van der Waals surface area contributed by atoms with Gasteiger partial charge in [0, 0.05) is 22.4 Å². The van der Waals surface area contributed by atoms with E-state index in [1.54, 1.807) is 24.3 Å². The van der Waals surface area contributed by atoms with E-state index >= 15 is 0 Å². The molecule has 26 heavy (non-hydrogen) atoms. The second-order valence-corrected chi connectivity index (χ2v) is 5.30. The number of hydrogen-bond acceptors (Lipinski definition) is 7. The maximum Gasteiger partial charge on any atom is 0.277 e. The van der Waals surface area contributed by atoms with Gasteiger partial charge >= 0.3 is 0 Å². The lowest BCUT2D eigenvalue weighted by atomic mass is 10.2. The highest BCUT2D eigenvalue weighted by molar-refractivity contribution is 6.30. The maximum atomic E-state index is 11.7. The summed E-state index contributed by atoms with van der Waals surface area (Å²) < 4.78 is 10.0. The highest BCUT2D eigenvalue weighted by atomic mass is 35.5. The van der Waals surface area contributed by atoms with E-state index in [1.165, 1.54) is 13.2 Å². The molecule has 2 rings (SSSR count). The Labute approximate surface area is 153 Å². The molecule has 9 nitrogen and oxygen atoms in total. The van der Waals surface area contributed by atoms with Gasteiger partial charge in [-0.1, -0.05) is 11.6 Å². The molecule has 0 saturated heterocycles. The molecule has 2 aromatic carbocycles. The summed E-state index contributed by atoms with van der Waals surface area (Å²) in [5, 5.41) is 26.8. The third-order valence-corrected chi connectivity index (χ3v) is 3.31. The molecule has 0 aliphatic rings. The lowest BCUT2D eigenvalue weighted by Crippen LogP contribution is -2.24. The fourth-order valence-electron chi connectivity index (χ4n) is 1.86. The van der Waals surface area contributed by atoms with Crippen molar-refractivity contribution >= 4 is 29.4 Å². The van der Waals surface area contributed by atoms with E-state index < -0.39 is 22.3 Å². The van der Waals surface area contributed by atoms with Crippen molar-refractivity contribution in [2.75, 3.05) is 13.7 Å². The first kappa shape index (κ1) is 19.0. The van der Waals surface area contributed by atoms with E-state index in [0.29, 0.717) is 10.8 Å². The summed E-state index contributed by atoms with van der Waals surface area (Å²) in [7, 11) is 1.22. The molecule has 0 aromatic heterocycles. The third kappa shape index (κ3) is 5.08. The molecule has 0 spiro atoms. The van der Waals surface area contributed by atoms with E-state index in [2.05, 4.69) is 10.5 Å². The molecule has 10 heteroatoms. The predicted octanol–water partition coefficient (Wildman–Crippen LogP) is 1.86. The number of hydrazone groups is 1. The lowest BCUT2D eigenvalue weighted by Gasteiger charge is -2.12. The number of nitrogens with one attached hydrogen (secondary N) is 1. The normalized spacial score (nSPS) is 10.5. The Morgan fingerprint density at radius 1 is 1.35 bits per heavy atom. The molecular formula is C16H13ClN3O6-. The van der Waals surface area contributed by atoms with E-state index in [0.717, 1.165) is 12.3 Å². The minimum Gasteiger partial charge on any atom is -0.865 e. The van der Waals surface area contributed by atoms with Gasteiger partial charge in [-0.05, 0) is 30.3 Å². The number of nitrogens with zero attached hydrogens (tertiary/aromatic N) is 2. The SMILES string of the molecule is COc1cc(/C=N\NC(=O)COc2ccc(Cl)cc2)cc([N+](=O)[O-])c1[O-]. The van der Waals surface area contributed by atoms with E-state index in [4.69, 9.17) is 21.1 Å². The molecule has 2 aromatic rings. The Balaban J connectivity index is 1.96. The highest BCUT2D eigenvalue weighted by Crippen LogP contribution is 2.33. The Bertz CT molecular complexity index is 839. The van der Waals surface area contributed by atoms with Gasteiger partial charge in [-0.2, -0.15) is 5.10 Å². The predicted molar refractivity (Wildman–Crippen MR) is 91.8 cm³/mol. The zero-order valence-electron chi connectivity index (χ0n) is 13.5. The van der Waals surface area contributed by atoms with Gasteiger partial charge in [0.15, 0.2) is 6.61 Å². The van der Waals surface area contributed by atoms with Gasteiger partial charge < -0.3 is 14.6 Å². The largest absolute Gasteiger partial charge is 0.865 e. The van der Waals surface area contributed by atoms with Crippen molar-refractivity contribution in [3.8, 4) is 17.2 Å². The number of rotatable bonds is 7. The summed E-state index contributed by atoms with van der Waals surface area (Å²) in [5.41, 5.74) is 1.77. The van der Waals surface area contributed by atoms with Crippen molar-refractivity contribution in [1.29, 1.82) is 0 Å². The number of hydrogen-bond donors (Lipinski definition) is 1. The number of amides is 1. The number of nitro benzene ring substituents is 1. The lowest BCUT2D eigenvalue weighted by molar-refractivity contribution is -0.398. The summed E-state index contributed by atoms with van der Waals surface area (Å²) in [4.78, 5) is 21.7. The quantitative estimate of drug-likeness (QED) is 0.445. The first-order chi connectivity index (χ1) is 12.4. The molecular weight excluding hydrogens is 366 g/mol. The van der Waals surface area contributed by atoms with Crippen molar-refractivity contribution in [2.45, 2.75) is 0 Å². The number of methoxy groups -OCH3 is 1. The summed E-state index contributed by atoms with van der Waals surface area (Å²) >= 11 is 5.74. The smallest absolute Gasteiger partial charge is 0.277 e. The zero-order valence-corrected chi connectivity index (χ0v) is 14.2. The van der Waals surface area contributed by atoms with E-state index in [1.807, 2.05) is 0 Å². The molecule has 0 unspecified atom stereocenters. The molecule has 0 aliphatic heterocycles. The van der Waals surface area contributed by atoms with E-state index in [9.17, 15) is 20.0 Å². The second kappa shape index (κ2) is 8.67. The molecule has 136 valence electrons. The van der Waals surface area contributed by atoms with Crippen LogP contribution in [0.3, 0.4) is 0 Å². The number of carbonyl (C=O) groups is 1. The summed E-state index contributed by atoms with van der Waals surface area (Å²) in [5.74, 6) is -1.12. The third-order valence-electron chi connectivity index (χ3n) is 3.06. The average molecular weight is 379 g/mol. The molecule has 0 radical (unpaired) electrons. The zero-order chi connectivity index (χ0) is 19.1. The fourth-order valence-corrected chi connectivity index (χ4v) is 1.99. The molecule has 1 N–H and O–H groups in total. The summed E-state index contributed by atoms with van der Waals surface area (Å²) in [6.45, 7) is -0.290. The Morgan fingerprint density at radius 2 is 2.04 bits per heavy atom. The molecule has 1 amide bonds. The Hall–Kier alpha value is -3.33. The van der Waals surface area contributed by atoms with Crippen LogP contribution in [0.4, 0.5) is 5.69 Å². The van der Waals surface area contributed by atoms with Gasteiger partial charge in [0.25, 0.3) is 11.6 Å². The van der Waals surface area contributed by atoms with Gasteiger partial charge in [-0.15, -0.1) is 0 Å². The molecule has 0 fully saturated rings. The minimum absolute atomic E-state index is 0.196. The van der Waals surface area contributed by atoms with Gasteiger partial charge in [0.1, 0.15) is 11.5 Å². The van der Waals surface area contributed by atoms with Crippen LogP contribution in [0.15, 0.2) is 41.5 Å². The van der Waals surface area contributed by atoms with Gasteiger partial charge in [-0.25, -0.2) is 5.43 Å². The summed E-state index contributed by atoms with van der Waals surface area (Å²) in [6.07, 6.45) is 1.15. The maximum absolute atomic E-state index is 11.7. The monoisotopic (exact) mass is 378 g/mol. The first-order valence-corrected chi connectivity index (χ1v) is 7.52. The number of nitro groups is 1. The first-order valence-electron chi connectivity index (χ1n) is 7.14. The second-order valence-electron chi connectivity index (χ2n) is 4.86. The van der Waals surface area contributed by atoms with Crippen LogP contribution in [-0.2, 0) is 4.79 Å². The van der Waals surface area contributed by atoms with Crippen molar-refractivity contribution in [3.63, 3.8) is 0 Å². The average Bonchev–Trinajstić information content (AvgIpc) is 2.62. The van der Waals surface area contributed by atoms with Gasteiger partial charge in [0.05, 0.1) is 18.2 Å². The van der Waals surface area contributed by atoms with Crippen molar-refractivity contribution in [2.24, 2.45) is 5.10 Å². The van der Waals surface area contributed by atoms with Crippen molar-refractivity contribution < 1.29 is 24.3 Å². The van der Waals surface area contributed by atoms with Crippen LogP contribution in [0.25, 0.3) is 0 Å². The Kier molecular flexibility index (Phi) is 6.34. The van der Waals surface area contributed by atoms with Crippen LogP contribution in [-0.4, -0.2) is 30.8 Å². The van der Waals surface area contributed by atoms with Crippen molar-refractivity contribution in [1.82, 2.24) is 5.43 Å². The Morgan fingerprint density at radius 3 is 2.65 bits per heavy atom. The standard InChI is InChI=1S/C16H14ClN3O6/c1-25-14-7-10(6-13(16(14)22)20(23)24)8-18-19-15(21)9-26-12-4-2-11(17)3-5-12/h2-8,22H,9H2,1H3,(H,19,21)/p-1/b18-8-. The van der Waals surface area contributed by atoms with Crippen LogP contribution in [0.1, 0.15) is 5.56 Å². The van der Waals surface area contributed by atoms with Crippen LogP contribution >= 0.6 is 11.6 Å². The molecule has 0 aliphatic carbocycles. The topological polar surface area (TPSA) is 126 Å². The van der Waals surface area contributed by atoms with Crippen molar-refractivity contribution in [3.05, 3.63) is 57.1 Å². The minimum atomic E-state index is -0.838. The molecule has 0 bridgehead atoms. The highest BCUT2D eigenvalue weighted by Gasteiger charge is 2.12. The molecule has 0 saturated carbocycles. The fraction of sp³-hybridized carbons (Fsp3) is 0.125. The van der Waals surface area contributed by atoms with Crippen LogP contribution in [0, 0.1) is 10.1 Å². The van der Waals surface area contributed by atoms with Crippen LogP contribution < -0.4 is 20.0 Å². The number of ether oxygens (including phenoxy) is 2. The molecule has 0 atom stereocenters. The number of carbonyl (C=O) groups excluding carboxylic acids is 1. The van der Waals surface area contributed by atoms with Crippen LogP contribution in [0.5, 0.6) is 17.2 Å². The van der Waals surface area contributed by atoms with Crippen LogP contribution in [0.2, 0.25) is 5.02 Å². The van der Waals surface area contributed by atoms with Gasteiger partial charge in [0.2, 0.25) is 0 Å². The molecule has 0 heterocycles.